The average molecular weight is 264 g/mol. The number of amides is 1. The molecule has 0 aromatic heterocycles. The Balaban J connectivity index is 2.84. The molecule has 1 rings (SSSR count). The number of rotatable bonds is 3. The van der Waals surface area contributed by atoms with E-state index >= 15 is 0 Å². The van der Waals surface area contributed by atoms with Gasteiger partial charge in [0.2, 0.25) is 0 Å². The minimum Gasteiger partial charge on any atom is -0.474 e. The quantitative estimate of drug-likeness (QED) is 0.820. The van der Waals surface area contributed by atoms with Gasteiger partial charge in [-0.15, -0.1) is 0 Å². The number of carbonyl (C=O) groups excluding carboxylic acids is 1. The Labute approximate surface area is 100 Å². The second kappa shape index (κ2) is 5.58. The van der Waals surface area contributed by atoms with Gasteiger partial charge in [0.15, 0.2) is 0 Å². The molecule has 0 fully saturated rings. The van der Waals surface area contributed by atoms with Crippen LogP contribution in [0.3, 0.4) is 0 Å². The van der Waals surface area contributed by atoms with Crippen LogP contribution in [0.25, 0.3) is 0 Å². The minimum absolute atomic E-state index is 0.124. The Bertz CT molecular complexity index is 451. The lowest BCUT2D eigenvalue weighted by atomic mass is 10.1. The van der Waals surface area contributed by atoms with Gasteiger partial charge in [-0.1, -0.05) is 17.7 Å². The molecule has 0 aliphatic carbocycles. The highest BCUT2D eigenvalue weighted by Crippen LogP contribution is 2.26. The van der Waals surface area contributed by atoms with E-state index in [-0.39, 0.29) is 22.7 Å². The summed E-state index contributed by atoms with van der Waals surface area (Å²) in [5, 5.41) is 10.4. The molecular weight excluding hydrogens is 256 g/mol. The number of carboxylic acids is 1. The van der Waals surface area contributed by atoms with Crippen molar-refractivity contribution in [2.24, 2.45) is 0 Å². The fraction of sp³-hybridized carbons (Fsp3) is 0.200. The van der Waals surface area contributed by atoms with Gasteiger partial charge >= 0.3 is 11.9 Å². The first-order valence-corrected chi connectivity index (χ1v) is 4.87. The van der Waals surface area contributed by atoms with Crippen molar-refractivity contribution in [1.82, 2.24) is 5.32 Å². The van der Waals surface area contributed by atoms with E-state index in [0.717, 1.165) is 6.07 Å². The van der Waals surface area contributed by atoms with Gasteiger partial charge in [0.1, 0.15) is 0 Å². The molecule has 0 aliphatic heterocycles. The summed E-state index contributed by atoms with van der Waals surface area (Å²) in [6, 6.07) is 3.77. The Morgan fingerprint density at radius 3 is 2.59 bits per heavy atom. The SMILES string of the molecule is O=C(O)C(=O)NCc1ccc(Cl)cc1C(F)F. The smallest absolute Gasteiger partial charge is 0.394 e. The maximum Gasteiger partial charge on any atom is 0.394 e. The van der Waals surface area contributed by atoms with Gasteiger partial charge in [-0.25, -0.2) is 13.6 Å². The molecule has 0 saturated heterocycles. The van der Waals surface area contributed by atoms with E-state index in [0.29, 0.717) is 0 Å². The van der Waals surface area contributed by atoms with E-state index in [4.69, 9.17) is 16.7 Å². The van der Waals surface area contributed by atoms with Crippen molar-refractivity contribution in [3.05, 3.63) is 34.3 Å². The largest absolute Gasteiger partial charge is 0.474 e. The Morgan fingerprint density at radius 2 is 2.06 bits per heavy atom. The van der Waals surface area contributed by atoms with Gasteiger partial charge in [0.25, 0.3) is 6.43 Å². The Kier molecular flexibility index (Phi) is 4.39. The molecule has 0 spiro atoms. The molecule has 92 valence electrons. The zero-order valence-corrected chi connectivity index (χ0v) is 9.17. The van der Waals surface area contributed by atoms with Crippen LogP contribution in [0.5, 0.6) is 0 Å². The van der Waals surface area contributed by atoms with E-state index in [9.17, 15) is 18.4 Å². The summed E-state index contributed by atoms with van der Waals surface area (Å²) in [5.74, 6) is -2.92. The number of carbonyl (C=O) groups is 2. The number of nitrogens with one attached hydrogen (secondary N) is 1. The molecule has 2 N–H and O–H groups in total. The second-order valence-corrected chi connectivity index (χ2v) is 3.57. The van der Waals surface area contributed by atoms with Crippen molar-refractivity contribution in [3.8, 4) is 0 Å². The van der Waals surface area contributed by atoms with Crippen LogP contribution in [0.4, 0.5) is 8.78 Å². The summed E-state index contributed by atoms with van der Waals surface area (Å²) in [4.78, 5) is 21.0. The predicted octanol–water partition coefficient (Wildman–Crippen LogP) is 1.98. The Morgan fingerprint density at radius 1 is 1.41 bits per heavy atom. The van der Waals surface area contributed by atoms with Gasteiger partial charge in [0.05, 0.1) is 0 Å². The molecule has 4 nitrogen and oxygen atoms in total. The van der Waals surface area contributed by atoms with Crippen LogP contribution < -0.4 is 5.32 Å². The van der Waals surface area contributed by atoms with Crippen LogP contribution in [-0.2, 0) is 16.1 Å². The van der Waals surface area contributed by atoms with Crippen molar-refractivity contribution in [2.45, 2.75) is 13.0 Å². The fourth-order valence-electron chi connectivity index (χ4n) is 1.18. The maximum absolute atomic E-state index is 12.6. The van der Waals surface area contributed by atoms with Crippen molar-refractivity contribution in [3.63, 3.8) is 0 Å². The molecule has 0 unspecified atom stereocenters. The molecule has 0 bridgehead atoms. The molecule has 7 heteroatoms. The van der Waals surface area contributed by atoms with Crippen molar-refractivity contribution in [1.29, 1.82) is 0 Å². The van der Waals surface area contributed by atoms with Gasteiger partial charge < -0.3 is 10.4 Å². The first-order chi connectivity index (χ1) is 7.91. The number of carboxylic acid groups (broad SMARTS) is 1. The molecule has 0 heterocycles. The lowest BCUT2D eigenvalue weighted by Gasteiger charge is -2.09. The number of alkyl halides is 2. The average Bonchev–Trinajstić information content (AvgIpc) is 2.26. The summed E-state index contributed by atoms with van der Waals surface area (Å²) in [5.41, 5.74) is -0.206. The topological polar surface area (TPSA) is 66.4 Å². The number of aliphatic carboxylic acids is 1. The number of hydrogen-bond donors (Lipinski definition) is 2. The van der Waals surface area contributed by atoms with E-state index in [1.807, 2.05) is 5.32 Å². The standard InChI is InChI=1S/C10H8ClF2NO3/c11-6-2-1-5(7(3-6)8(12)13)4-14-9(15)10(16)17/h1-3,8H,4H2,(H,14,15)(H,16,17). The summed E-state index contributed by atoms with van der Waals surface area (Å²) < 4.78 is 25.2. The van der Waals surface area contributed by atoms with Crippen molar-refractivity contribution < 1.29 is 23.5 Å². The van der Waals surface area contributed by atoms with Gasteiger partial charge in [-0.05, 0) is 17.7 Å². The molecular formula is C10H8ClF2NO3. The van der Waals surface area contributed by atoms with Crippen LogP contribution in [0.1, 0.15) is 17.6 Å². The van der Waals surface area contributed by atoms with E-state index < -0.39 is 18.3 Å². The molecule has 17 heavy (non-hydrogen) atoms. The van der Waals surface area contributed by atoms with Crippen LogP contribution >= 0.6 is 11.6 Å². The van der Waals surface area contributed by atoms with Crippen LogP contribution in [-0.4, -0.2) is 17.0 Å². The highest BCUT2D eigenvalue weighted by Gasteiger charge is 2.16. The van der Waals surface area contributed by atoms with E-state index in [1.165, 1.54) is 12.1 Å². The number of benzene rings is 1. The predicted molar refractivity (Wildman–Crippen MR) is 55.9 cm³/mol. The van der Waals surface area contributed by atoms with Crippen molar-refractivity contribution >= 4 is 23.5 Å². The number of halogens is 3. The molecule has 0 radical (unpaired) electrons. The molecule has 0 aliphatic rings. The van der Waals surface area contributed by atoms with Crippen LogP contribution in [0.15, 0.2) is 18.2 Å². The summed E-state index contributed by atoms with van der Waals surface area (Å²) in [6.07, 6.45) is -2.74. The fourth-order valence-corrected chi connectivity index (χ4v) is 1.36. The zero-order chi connectivity index (χ0) is 13.0. The molecule has 0 atom stereocenters. The van der Waals surface area contributed by atoms with Crippen LogP contribution in [0.2, 0.25) is 5.02 Å². The van der Waals surface area contributed by atoms with Gasteiger partial charge in [-0.3, -0.25) is 4.79 Å². The third kappa shape index (κ3) is 3.67. The summed E-state index contributed by atoms with van der Waals surface area (Å²) in [7, 11) is 0. The molecule has 1 aromatic rings. The molecule has 0 saturated carbocycles. The number of hydrogen-bond acceptors (Lipinski definition) is 2. The van der Waals surface area contributed by atoms with E-state index in [1.54, 1.807) is 0 Å². The highest BCUT2D eigenvalue weighted by atomic mass is 35.5. The molecule has 1 aromatic carbocycles. The lowest BCUT2D eigenvalue weighted by molar-refractivity contribution is -0.150. The van der Waals surface area contributed by atoms with Crippen LogP contribution in [0, 0.1) is 0 Å². The first kappa shape index (κ1) is 13.4. The first-order valence-electron chi connectivity index (χ1n) is 4.49. The molecule has 1 amide bonds. The third-order valence-electron chi connectivity index (χ3n) is 1.98. The zero-order valence-electron chi connectivity index (χ0n) is 8.41. The van der Waals surface area contributed by atoms with Gasteiger partial charge in [0, 0.05) is 17.1 Å². The summed E-state index contributed by atoms with van der Waals surface area (Å²) in [6.45, 7) is -0.290. The Hall–Kier alpha value is -1.69. The van der Waals surface area contributed by atoms with Gasteiger partial charge in [-0.2, -0.15) is 0 Å². The lowest BCUT2D eigenvalue weighted by Crippen LogP contribution is -2.30. The highest BCUT2D eigenvalue weighted by molar-refractivity contribution is 6.31. The summed E-state index contributed by atoms with van der Waals surface area (Å²) >= 11 is 5.56. The monoisotopic (exact) mass is 263 g/mol. The van der Waals surface area contributed by atoms with Crippen molar-refractivity contribution in [2.75, 3.05) is 0 Å². The van der Waals surface area contributed by atoms with E-state index in [2.05, 4.69) is 0 Å². The third-order valence-corrected chi connectivity index (χ3v) is 2.21. The maximum atomic E-state index is 12.6. The second-order valence-electron chi connectivity index (χ2n) is 3.13. The normalized spacial score (nSPS) is 10.4. The minimum atomic E-state index is -2.74.